The Morgan fingerprint density at radius 3 is 2.30 bits per heavy atom. The van der Waals surface area contributed by atoms with E-state index < -0.39 is 5.82 Å². The van der Waals surface area contributed by atoms with Crippen LogP contribution >= 0.6 is 23.2 Å². The van der Waals surface area contributed by atoms with E-state index in [1.165, 1.54) is 0 Å². The number of hydrogen-bond acceptors (Lipinski definition) is 9. The van der Waals surface area contributed by atoms with Crippen LogP contribution in [0.2, 0.25) is 10.0 Å². The third-order valence-electron chi connectivity index (χ3n) is 4.21. The molecule has 2 heterocycles. The van der Waals surface area contributed by atoms with Gasteiger partial charge in [0.2, 0.25) is 5.95 Å². The maximum absolute atomic E-state index is 13.4. The second kappa shape index (κ2) is 11.2. The van der Waals surface area contributed by atoms with Gasteiger partial charge in [0, 0.05) is 19.0 Å². The summed E-state index contributed by atoms with van der Waals surface area (Å²) in [4.78, 5) is 28.6. The van der Waals surface area contributed by atoms with Crippen LogP contribution < -0.4 is 27.8 Å². The summed E-state index contributed by atoms with van der Waals surface area (Å²) in [5, 5.41) is 0.232. The molecule has 2 aromatic heterocycles. The topological polar surface area (TPSA) is 175 Å². The molecule has 0 atom stereocenters. The highest BCUT2D eigenvalue weighted by molar-refractivity contribution is 6.35. The van der Waals surface area contributed by atoms with Crippen LogP contribution in [-0.4, -0.2) is 34.1 Å². The number of carbonyl (C=O) groups excluding carboxylic acids is 1. The smallest absolute Gasteiger partial charge is 0.224 e. The fourth-order valence-electron chi connectivity index (χ4n) is 2.56. The molecule has 8 N–H and O–H groups in total. The van der Waals surface area contributed by atoms with Crippen LogP contribution in [0, 0.1) is 5.82 Å². The molecule has 174 valence electrons. The molecule has 0 unspecified atom stereocenters. The zero-order valence-electron chi connectivity index (χ0n) is 17.8. The highest BCUT2D eigenvalue weighted by Crippen LogP contribution is 2.30. The Bertz CT molecular complexity index is 1150. The van der Waals surface area contributed by atoms with Crippen LogP contribution in [0.25, 0.3) is 0 Å². The van der Waals surface area contributed by atoms with E-state index >= 15 is 0 Å². The van der Waals surface area contributed by atoms with Gasteiger partial charge in [-0.25, -0.2) is 14.4 Å². The minimum absolute atomic E-state index is 0.0272. The van der Waals surface area contributed by atoms with Gasteiger partial charge in [-0.15, -0.1) is 0 Å². The Morgan fingerprint density at radius 1 is 1.15 bits per heavy atom. The third kappa shape index (κ3) is 6.64. The van der Waals surface area contributed by atoms with Crippen molar-refractivity contribution in [1.82, 2.24) is 15.0 Å². The van der Waals surface area contributed by atoms with E-state index in [4.69, 9.17) is 46.1 Å². The number of carbonyl (C=O) groups is 1. The molecule has 0 radical (unpaired) electrons. The van der Waals surface area contributed by atoms with Gasteiger partial charge in [-0.05, 0) is 24.3 Å². The van der Waals surface area contributed by atoms with Crippen LogP contribution in [0.4, 0.5) is 39.2 Å². The van der Waals surface area contributed by atoms with Crippen molar-refractivity contribution in [2.75, 3.05) is 34.9 Å². The molecular formula is C20H22Cl2FN9O. The van der Waals surface area contributed by atoms with E-state index in [0.29, 0.717) is 24.4 Å². The van der Waals surface area contributed by atoms with Gasteiger partial charge < -0.3 is 27.8 Å². The number of halogens is 3. The number of pyridine rings is 1. The van der Waals surface area contributed by atoms with Gasteiger partial charge in [-0.3, -0.25) is 4.79 Å². The van der Waals surface area contributed by atoms with Crippen molar-refractivity contribution in [3.63, 3.8) is 0 Å². The molecule has 0 spiro atoms. The first-order valence-corrected chi connectivity index (χ1v) is 10.1. The van der Waals surface area contributed by atoms with Crippen molar-refractivity contribution >= 4 is 70.1 Å². The number of aldehydes is 1. The molecule has 0 aliphatic rings. The molecule has 1 aromatic carbocycles. The molecule has 0 bridgehead atoms. The summed E-state index contributed by atoms with van der Waals surface area (Å²) in [7, 11) is 1.81. The Morgan fingerprint density at radius 2 is 1.79 bits per heavy atom. The van der Waals surface area contributed by atoms with Gasteiger partial charge in [-0.2, -0.15) is 9.97 Å². The van der Waals surface area contributed by atoms with Gasteiger partial charge in [0.05, 0.1) is 22.6 Å². The zero-order chi connectivity index (χ0) is 24.7. The van der Waals surface area contributed by atoms with E-state index in [-0.39, 0.29) is 38.9 Å². The summed E-state index contributed by atoms with van der Waals surface area (Å²) >= 11 is 11.6. The summed E-state index contributed by atoms with van der Waals surface area (Å²) in [6, 6.07) is 5.72. The lowest BCUT2D eigenvalue weighted by atomic mass is 10.2. The number of benzene rings is 1. The van der Waals surface area contributed by atoms with Crippen LogP contribution in [0.15, 0.2) is 35.5 Å². The van der Waals surface area contributed by atoms with Crippen LogP contribution in [-0.2, 0) is 0 Å². The Kier molecular flexibility index (Phi) is 8.71. The maximum atomic E-state index is 13.4. The summed E-state index contributed by atoms with van der Waals surface area (Å²) in [6.07, 6.45) is 2.73. The number of amidine groups is 1. The van der Waals surface area contributed by atoms with E-state index in [0.717, 1.165) is 17.8 Å². The molecule has 13 heteroatoms. The highest BCUT2D eigenvalue weighted by atomic mass is 35.5. The van der Waals surface area contributed by atoms with Crippen LogP contribution in [0.3, 0.4) is 0 Å². The molecule has 0 saturated carbocycles. The molecule has 0 amide bonds. The van der Waals surface area contributed by atoms with Crippen LogP contribution in [0.5, 0.6) is 0 Å². The molecule has 10 nitrogen and oxygen atoms in total. The number of nitrogen functional groups attached to an aromatic ring is 4. The number of nitrogens with two attached hydrogens (primary N) is 4. The van der Waals surface area contributed by atoms with E-state index in [9.17, 15) is 9.18 Å². The number of anilines is 5. The number of hydrogen-bond donors (Lipinski definition) is 4. The van der Waals surface area contributed by atoms with Gasteiger partial charge in [0.25, 0.3) is 0 Å². The second-order valence-electron chi connectivity index (χ2n) is 6.49. The quantitative estimate of drug-likeness (QED) is 0.239. The minimum atomic E-state index is -0.579. The predicted octanol–water partition coefficient (Wildman–Crippen LogP) is 3.72. The minimum Gasteiger partial charge on any atom is -0.384 e. The number of rotatable bonds is 4. The van der Waals surface area contributed by atoms with Crippen molar-refractivity contribution in [2.24, 2.45) is 4.99 Å². The standard InChI is InChI=1S/C16H16ClFN4O.C4H6ClN5/c1-3-15(22(2)12-4-5-14(19)20-8-12)21-16-10(9-23)6-11(18)7-13(16)17;5-1-2(6)9-4(8)10-3(1)7/h4-9H,3H2,1-2H3,(H2,19,20);(H6,6,7,8,9,10). The van der Waals surface area contributed by atoms with Crippen molar-refractivity contribution in [1.29, 1.82) is 0 Å². The Hall–Kier alpha value is -3.70. The molecule has 0 fully saturated rings. The summed E-state index contributed by atoms with van der Waals surface area (Å²) < 4.78 is 13.4. The molecular weight excluding hydrogens is 472 g/mol. The van der Waals surface area contributed by atoms with Gasteiger partial charge in [0.1, 0.15) is 34.1 Å². The first-order valence-electron chi connectivity index (χ1n) is 9.38. The SMILES string of the molecule is CCC(=Nc1c(Cl)cc(F)cc1C=O)N(C)c1ccc(N)nc1.Nc1nc(N)c(Cl)c(N)n1. The highest BCUT2D eigenvalue weighted by Gasteiger charge is 2.13. The average molecular weight is 494 g/mol. The number of aromatic nitrogens is 3. The van der Waals surface area contributed by atoms with Gasteiger partial charge in [0.15, 0.2) is 6.29 Å². The molecule has 0 saturated heterocycles. The monoisotopic (exact) mass is 493 g/mol. The molecule has 3 aromatic rings. The normalized spacial score (nSPS) is 10.9. The largest absolute Gasteiger partial charge is 0.384 e. The lowest BCUT2D eigenvalue weighted by Crippen LogP contribution is -2.25. The zero-order valence-corrected chi connectivity index (χ0v) is 19.3. The second-order valence-corrected chi connectivity index (χ2v) is 7.28. The van der Waals surface area contributed by atoms with Crippen molar-refractivity contribution in [2.45, 2.75) is 13.3 Å². The predicted molar refractivity (Wildman–Crippen MR) is 132 cm³/mol. The first kappa shape index (κ1) is 25.6. The number of nitrogens with zero attached hydrogens (tertiary/aromatic N) is 5. The molecule has 0 aliphatic heterocycles. The van der Waals surface area contributed by atoms with Gasteiger partial charge in [-0.1, -0.05) is 30.1 Å². The van der Waals surface area contributed by atoms with Crippen molar-refractivity contribution < 1.29 is 9.18 Å². The molecule has 33 heavy (non-hydrogen) atoms. The lowest BCUT2D eigenvalue weighted by Gasteiger charge is -2.21. The average Bonchev–Trinajstić information content (AvgIpc) is 2.77. The Balaban J connectivity index is 0.000000321. The molecule has 0 aliphatic carbocycles. The number of aliphatic imine (C=N–C) groups is 1. The molecule has 3 rings (SSSR count). The summed E-state index contributed by atoms with van der Waals surface area (Å²) in [6.45, 7) is 1.91. The van der Waals surface area contributed by atoms with Crippen molar-refractivity contribution in [3.05, 3.63) is 51.9 Å². The van der Waals surface area contributed by atoms with Crippen LogP contribution in [0.1, 0.15) is 23.7 Å². The maximum Gasteiger partial charge on any atom is 0.224 e. The van der Waals surface area contributed by atoms with E-state index in [1.54, 1.807) is 23.2 Å². The lowest BCUT2D eigenvalue weighted by molar-refractivity contribution is 0.112. The summed E-state index contributed by atoms with van der Waals surface area (Å²) in [5.41, 5.74) is 22.5. The van der Waals surface area contributed by atoms with E-state index in [1.807, 2.05) is 14.0 Å². The summed E-state index contributed by atoms with van der Waals surface area (Å²) in [5.74, 6) is 0.720. The van der Waals surface area contributed by atoms with Crippen molar-refractivity contribution in [3.8, 4) is 0 Å². The van der Waals surface area contributed by atoms with Gasteiger partial charge >= 0.3 is 0 Å². The fourth-order valence-corrected chi connectivity index (χ4v) is 2.90. The Labute approximate surface area is 199 Å². The first-order chi connectivity index (χ1) is 15.6. The third-order valence-corrected chi connectivity index (χ3v) is 4.88. The van der Waals surface area contributed by atoms with E-state index in [2.05, 4.69) is 19.9 Å². The fraction of sp³-hybridized carbons (Fsp3) is 0.150.